The third-order valence-corrected chi connectivity index (χ3v) is 4.08. The summed E-state index contributed by atoms with van der Waals surface area (Å²) < 4.78 is 22.0. The van der Waals surface area contributed by atoms with Crippen LogP contribution in [0.25, 0.3) is 21.9 Å². The zero-order valence-electron chi connectivity index (χ0n) is 14.3. The molecule has 0 heterocycles. The van der Waals surface area contributed by atoms with Gasteiger partial charge in [-0.15, -0.1) is 0 Å². The molecular formula is C20H20O4. The Morgan fingerprint density at radius 1 is 0.583 bits per heavy atom. The number of fused-ring (bicyclic) bond motifs is 1. The van der Waals surface area contributed by atoms with E-state index in [-0.39, 0.29) is 0 Å². The molecule has 124 valence electrons. The lowest BCUT2D eigenvalue weighted by molar-refractivity contribution is 0.402. The highest BCUT2D eigenvalue weighted by Gasteiger charge is 2.15. The van der Waals surface area contributed by atoms with E-state index in [1.807, 2.05) is 42.5 Å². The van der Waals surface area contributed by atoms with E-state index in [0.717, 1.165) is 44.9 Å². The molecule has 4 nitrogen and oxygen atoms in total. The van der Waals surface area contributed by atoms with E-state index >= 15 is 0 Å². The first-order valence-electron chi connectivity index (χ1n) is 7.59. The van der Waals surface area contributed by atoms with Crippen LogP contribution in [0.15, 0.2) is 48.5 Å². The summed E-state index contributed by atoms with van der Waals surface area (Å²) >= 11 is 0. The van der Waals surface area contributed by atoms with Crippen LogP contribution < -0.4 is 18.9 Å². The lowest BCUT2D eigenvalue weighted by Gasteiger charge is -2.16. The average molecular weight is 324 g/mol. The summed E-state index contributed by atoms with van der Waals surface area (Å²) in [6.45, 7) is 0. The van der Waals surface area contributed by atoms with Crippen LogP contribution in [0.1, 0.15) is 0 Å². The summed E-state index contributed by atoms with van der Waals surface area (Å²) in [5, 5.41) is 2.07. The van der Waals surface area contributed by atoms with Crippen LogP contribution in [0.3, 0.4) is 0 Å². The molecule has 0 unspecified atom stereocenters. The highest BCUT2D eigenvalue weighted by Crippen LogP contribution is 2.42. The molecule has 0 atom stereocenters. The molecule has 0 radical (unpaired) electrons. The molecule has 0 amide bonds. The van der Waals surface area contributed by atoms with Gasteiger partial charge in [0.05, 0.1) is 28.4 Å². The van der Waals surface area contributed by atoms with Crippen LogP contribution in [0.4, 0.5) is 0 Å². The van der Waals surface area contributed by atoms with Crippen molar-refractivity contribution in [3.8, 4) is 34.1 Å². The molecule has 3 aromatic rings. The highest BCUT2D eigenvalue weighted by molar-refractivity contribution is 5.95. The minimum absolute atomic E-state index is 0.753. The zero-order chi connectivity index (χ0) is 17.1. The van der Waals surface area contributed by atoms with Crippen molar-refractivity contribution in [2.24, 2.45) is 0 Å². The molecule has 0 aliphatic heterocycles. The van der Waals surface area contributed by atoms with Crippen LogP contribution in [0.5, 0.6) is 23.0 Å². The quantitative estimate of drug-likeness (QED) is 0.690. The maximum Gasteiger partial charge on any atom is 0.127 e. The molecule has 3 aromatic carbocycles. The predicted molar refractivity (Wildman–Crippen MR) is 95.6 cm³/mol. The molecular weight excluding hydrogens is 304 g/mol. The number of ether oxygens (including phenoxy) is 4. The summed E-state index contributed by atoms with van der Waals surface area (Å²) in [4.78, 5) is 0. The van der Waals surface area contributed by atoms with E-state index < -0.39 is 0 Å². The topological polar surface area (TPSA) is 36.9 Å². The van der Waals surface area contributed by atoms with Crippen molar-refractivity contribution < 1.29 is 18.9 Å². The van der Waals surface area contributed by atoms with Crippen LogP contribution in [-0.2, 0) is 0 Å². The molecule has 0 bridgehead atoms. The summed E-state index contributed by atoms with van der Waals surface area (Å²) in [5.41, 5.74) is 1.83. The van der Waals surface area contributed by atoms with E-state index in [2.05, 4.69) is 6.07 Å². The predicted octanol–water partition coefficient (Wildman–Crippen LogP) is 4.54. The lowest BCUT2D eigenvalue weighted by atomic mass is 9.98. The van der Waals surface area contributed by atoms with Crippen LogP contribution in [-0.4, -0.2) is 28.4 Å². The molecule has 0 N–H and O–H groups in total. The Hall–Kier alpha value is -2.88. The fraction of sp³-hybridized carbons (Fsp3) is 0.200. The Morgan fingerprint density at radius 3 is 1.96 bits per heavy atom. The van der Waals surface area contributed by atoms with Gasteiger partial charge in [-0.25, -0.2) is 0 Å². The number of methoxy groups -OCH3 is 4. The highest BCUT2D eigenvalue weighted by atomic mass is 16.5. The Labute approximate surface area is 141 Å². The third-order valence-electron chi connectivity index (χ3n) is 4.08. The molecule has 24 heavy (non-hydrogen) atoms. The Balaban J connectivity index is 2.32. The van der Waals surface area contributed by atoms with Gasteiger partial charge in [0.15, 0.2) is 0 Å². The zero-order valence-corrected chi connectivity index (χ0v) is 14.3. The average Bonchev–Trinajstić information content (AvgIpc) is 2.65. The van der Waals surface area contributed by atoms with Crippen molar-refractivity contribution in [3.63, 3.8) is 0 Å². The summed E-state index contributed by atoms with van der Waals surface area (Å²) in [7, 11) is 6.63. The van der Waals surface area contributed by atoms with Gasteiger partial charge < -0.3 is 18.9 Å². The van der Waals surface area contributed by atoms with Crippen LogP contribution in [0, 0.1) is 0 Å². The van der Waals surface area contributed by atoms with Crippen molar-refractivity contribution in [1.29, 1.82) is 0 Å². The monoisotopic (exact) mass is 324 g/mol. The van der Waals surface area contributed by atoms with E-state index in [1.165, 1.54) is 0 Å². The number of hydrogen-bond acceptors (Lipinski definition) is 4. The van der Waals surface area contributed by atoms with E-state index in [9.17, 15) is 0 Å². The van der Waals surface area contributed by atoms with Crippen molar-refractivity contribution >= 4 is 10.8 Å². The molecule has 0 saturated heterocycles. The summed E-state index contributed by atoms with van der Waals surface area (Å²) in [6.07, 6.45) is 0. The lowest BCUT2D eigenvalue weighted by Crippen LogP contribution is -1.94. The van der Waals surface area contributed by atoms with Gasteiger partial charge in [-0.2, -0.15) is 0 Å². The van der Waals surface area contributed by atoms with Gasteiger partial charge in [-0.3, -0.25) is 0 Å². The second-order valence-electron chi connectivity index (χ2n) is 5.30. The van der Waals surface area contributed by atoms with Crippen molar-refractivity contribution in [2.45, 2.75) is 0 Å². The van der Waals surface area contributed by atoms with Gasteiger partial charge in [-0.05, 0) is 41.8 Å². The second-order valence-corrected chi connectivity index (χ2v) is 5.30. The minimum atomic E-state index is 0.753. The van der Waals surface area contributed by atoms with Gasteiger partial charge in [0.25, 0.3) is 0 Å². The first kappa shape index (κ1) is 16.0. The fourth-order valence-corrected chi connectivity index (χ4v) is 2.86. The summed E-state index contributed by atoms with van der Waals surface area (Å²) in [6, 6.07) is 15.7. The maximum absolute atomic E-state index is 5.62. The second kappa shape index (κ2) is 6.71. The summed E-state index contributed by atoms with van der Waals surface area (Å²) in [5.74, 6) is 3.09. The molecule has 0 fully saturated rings. The van der Waals surface area contributed by atoms with Crippen LogP contribution in [0.2, 0.25) is 0 Å². The minimum Gasteiger partial charge on any atom is -0.497 e. The first-order chi connectivity index (χ1) is 11.7. The molecule has 0 spiro atoms. The molecule has 3 rings (SSSR count). The van der Waals surface area contributed by atoms with Gasteiger partial charge in [-0.1, -0.05) is 12.1 Å². The first-order valence-corrected chi connectivity index (χ1v) is 7.59. The van der Waals surface area contributed by atoms with E-state index in [1.54, 1.807) is 28.4 Å². The fourth-order valence-electron chi connectivity index (χ4n) is 2.86. The Kier molecular flexibility index (Phi) is 4.47. The third kappa shape index (κ3) is 2.71. The standard InChI is InChI=1S/C20H20O4/c1-21-14-8-9-19(23-3)16(11-14)17-12-15-13(10-20(17)24-4)6-5-7-18(15)22-2/h5-12H,1-4H3. The van der Waals surface area contributed by atoms with Crippen molar-refractivity contribution in [3.05, 3.63) is 48.5 Å². The van der Waals surface area contributed by atoms with Crippen molar-refractivity contribution in [1.82, 2.24) is 0 Å². The normalized spacial score (nSPS) is 10.5. The Morgan fingerprint density at radius 2 is 1.29 bits per heavy atom. The molecule has 4 heteroatoms. The van der Waals surface area contributed by atoms with Crippen molar-refractivity contribution in [2.75, 3.05) is 28.4 Å². The smallest absolute Gasteiger partial charge is 0.127 e. The van der Waals surface area contributed by atoms with Gasteiger partial charge in [0, 0.05) is 16.5 Å². The van der Waals surface area contributed by atoms with E-state index in [4.69, 9.17) is 18.9 Å². The number of rotatable bonds is 5. The van der Waals surface area contributed by atoms with Crippen LogP contribution >= 0.6 is 0 Å². The molecule has 0 aromatic heterocycles. The molecule has 0 aliphatic carbocycles. The molecule has 0 saturated carbocycles. The van der Waals surface area contributed by atoms with Gasteiger partial charge in [0.2, 0.25) is 0 Å². The number of benzene rings is 3. The Bertz CT molecular complexity index is 871. The van der Waals surface area contributed by atoms with Gasteiger partial charge >= 0.3 is 0 Å². The number of hydrogen-bond donors (Lipinski definition) is 0. The maximum atomic E-state index is 5.62. The van der Waals surface area contributed by atoms with E-state index in [0.29, 0.717) is 0 Å². The largest absolute Gasteiger partial charge is 0.497 e. The SMILES string of the molecule is COc1ccc(OC)c(-c2cc3c(OC)cccc3cc2OC)c1. The van der Waals surface area contributed by atoms with Gasteiger partial charge in [0.1, 0.15) is 23.0 Å². The molecule has 0 aliphatic rings.